The minimum Gasteiger partial charge on any atom is -0.438 e. The van der Waals surface area contributed by atoms with Crippen LogP contribution >= 0.6 is 0 Å². The zero-order valence-corrected chi connectivity index (χ0v) is 33.2. The zero-order valence-electron chi connectivity index (χ0n) is 33.2. The zero-order chi connectivity index (χ0) is 41.0. The van der Waals surface area contributed by atoms with Gasteiger partial charge in [0, 0.05) is 33.0 Å². The van der Waals surface area contributed by atoms with Crippen LogP contribution in [0.5, 0.6) is 0 Å². The molecule has 4 aromatic heterocycles. The van der Waals surface area contributed by atoms with Gasteiger partial charge in [-0.15, -0.1) is 0 Å². The average Bonchev–Trinajstić information content (AvgIpc) is 3.93. The fraction of sp³-hybridized carbons (Fsp3) is 0. The predicted molar refractivity (Wildman–Crippen MR) is 250 cm³/mol. The van der Waals surface area contributed by atoms with Gasteiger partial charge in [-0.2, -0.15) is 9.97 Å². The molecule has 0 aliphatic heterocycles. The average molecular weight is 795 g/mol. The van der Waals surface area contributed by atoms with Gasteiger partial charge in [-0.25, -0.2) is 9.97 Å². The maximum atomic E-state index is 6.50. The molecule has 0 saturated heterocycles. The molecule has 12 aromatic rings. The molecule has 290 valence electrons. The highest BCUT2D eigenvalue weighted by Gasteiger charge is 2.24. The van der Waals surface area contributed by atoms with Gasteiger partial charge in [0.2, 0.25) is 11.4 Å². The largest absolute Gasteiger partial charge is 0.438 e. The number of nitrogens with zero attached hydrogens (tertiary/aromatic N) is 4. The van der Waals surface area contributed by atoms with Crippen molar-refractivity contribution in [2.75, 3.05) is 0 Å². The maximum Gasteiger partial charge on any atom is 0.231 e. The summed E-state index contributed by atoms with van der Waals surface area (Å²) in [4.78, 5) is 21.0. The van der Waals surface area contributed by atoms with Crippen LogP contribution in [-0.2, 0) is 0 Å². The number of rotatable bonds is 7. The summed E-state index contributed by atoms with van der Waals surface area (Å²) in [5.74, 6) is 1.14. The first kappa shape index (κ1) is 35.5. The van der Waals surface area contributed by atoms with Crippen molar-refractivity contribution < 1.29 is 8.83 Å². The molecule has 0 amide bonds. The molecule has 0 fully saturated rings. The summed E-state index contributed by atoms with van der Waals surface area (Å²) in [5, 5.41) is 3.67. The lowest BCUT2D eigenvalue weighted by molar-refractivity contribution is 0.653. The Morgan fingerprint density at radius 1 is 0.258 bits per heavy atom. The molecule has 8 aromatic carbocycles. The number of furan rings is 2. The molecule has 0 atom stereocenters. The van der Waals surface area contributed by atoms with Crippen molar-refractivity contribution in [3.8, 4) is 78.7 Å². The fourth-order valence-electron chi connectivity index (χ4n) is 8.63. The number of benzene rings is 8. The van der Waals surface area contributed by atoms with Crippen molar-refractivity contribution in [3.63, 3.8) is 0 Å². The van der Waals surface area contributed by atoms with Crippen molar-refractivity contribution >= 4 is 44.1 Å². The summed E-state index contributed by atoms with van der Waals surface area (Å²) >= 11 is 0. The molecule has 0 saturated carbocycles. The van der Waals surface area contributed by atoms with Crippen molar-refractivity contribution in [2.24, 2.45) is 0 Å². The topological polar surface area (TPSA) is 77.8 Å². The first-order chi connectivity index (χ1) is 30.7. The van der Waals surface area contributed by atoms with E-state index in [0.29, 0.717) is 23.1 Å². The third-order valence-electron chi connectivity index (χ3n) is 11.6. The summed E-state index contributed by atoms with van der Waals surface area (Å²) in [7, 11) is 0. The van der Waals surface area contributed by atoms with Gasteiger partial charge >= 0.3 is 0 Å². The van der Waals surface area contributed by atoms with Crippen LogP contribution in [0.15, 0.2) is 215 Å². The second-order valence-corrected chi connectivity index (χ2v) is 15.3. The van der Waals surface area contributed by atoms with Crippen LogP contribution in [0, 0.1) is 0 Å². The van der Waals surface area contributed by atoms with Gasteiger partial charge in [-0.05, 0) is 45.5 Å². The van der Waals surface area contributed by atoms with E-state index in [0.717, 1.165) is 99.7 Å². The predicted octanol–water partition coefficient (Wildman–Crippen LogP) is 14.7. The smallest absolute Gasteiger partial charge is 0.231 e. The van der Waals surface area contributed by atoms with Crippen LogP contribution in [0.3, 0.4) is 0 Å². The Morgan fingerprint density at radius 2 is 0.645 bits per heavy atom. The highest BCUT2D eigenvalue weighted by atomic mass is 16.3. The number of hydrogen-bond donors (Lipinski definition) is 0. The molecule has 0 N–H and O–H groups in total. The molecule has 0 aliphatic rings. The molecule has 6 nitrogen and oxygen atoms in total. The molecule has 12 rings (SSSR count). The van der Waals surface area contributed by atoms with Gasteiger partial charge in [0.1, 0.15) is 11.2 Å². The van der Waals surface area contributed by atoms with Gasteiger partial charge < -0.3 is 8.83 Å². The van der Waals surface area contributed by atoms with E-state index in [1.807, 2.05) is 54.6 Å². The lowest BCUT2D eigenvalue weighted by Crippen LogP contribution is -1.98. The molecule has 6 heteroatoms. The first-order valence-corrected chi connectivity index (χ1v) is 20.6. The molecule has 62 heavy (non-hydrogen) atoms. The minimum atomic E-state index is 0.531. The fourth-order valence-corrected chi connectivity index (χ4v) is 8.63. The van der Waals surface area contributed by atoms with Crippen LogP contribution in [0.2, 0.25) is 0 Å². The summed E-state index contributed by atoms with van der Waals surface area (Å²) < 4.78 is 13.0. The lowest BCUT2D eigenvalue weighted by atomic mass is 9.92. The van der Waals surface area contributed by atoms with E-state index in [4.69, 9.17) is 28.8 Å². The van der Waals surface area contributed by atoms with E-state index in [1.54, 1.807) is 0 Å². The van der Waals surface area contributed by atoms with E-state index in [2.05, 4.69) is 152 Å². The second kappa shape index (κ2) is 14.7. The second-order valence-electron chi connectivity index (χ2n) is 15.3. The van der Waals surface area contributed by atoms with Crippen LogP contribution in [0.1, 0.15) is 0 Å². The minimum absolute atomic E-state index is 0.531. The highest BCUT2D eigenvalue weighted by Crippen LogP contribution is 2.44. The third-order valence-corrected chi connectivity index (χ3v) is 11.6. The Balaban J connectivity index is 1.04. The van der Waals surface area contributed by atoms with Crippen LogP contribution in [0.25, 0.3) is 123 Å². The summed E-state index contributed by atoms with van der Waals surface area (Å²) in [6.45, 7) is 0. The standard InChI is InChI=1S/C56H34N4O2/c1-3-15-35(16-4-1)37-27-31-39(32-28-37)51-49-45-23-11-13-25-47(45)61-55(49)60-54(57-51)44-22-10-8-20-42(44)41-19-7-9-21-43(41)52-50-46-24-12-14-26-48(46)62-56(50)59-53(58-52)40-33-29-38(30-34-40)36-17-5-2-6-18-36/h1-34H. The van der Waals surface area contributed by atoms with Crippen molar-refractivity contribution in [1.82, 2.24) is 19.9 Å². The molecule has 0 aliphatic carbocycles. The highest BCUT2D eigenvalue weighted by molar-refractivity contribution is 6.13. The van der Waals surface area contributed by atoms with Gasteiger partial charge in [-0.3, -0.25) is 0 Å². The van der Waals surface area contributed by atoms with Crippen molar-refractivity contribution in [1.29, 1.82) is 0 Å². The van der Waals surface area contributed by atoms with E-state index in [9.17, 15) is 0 Å². The van der Waals surface area contributed by atoms with Gasteiger partial charge in [0.05, 0.1) is 22.2 Å². The molecular weight excluding hydrogens is 761 g/mol. The SMILES string of the molecule is c1ccc(-c2ccc(-c3nc(-c4ccccc4-c4ccccc4-c4nc(-c5ccc(-c6ccccc6)cc5)c5c(n4)oc4ccccc45)c4c(n3)oc3ccccc34)cc2)cc1. The quantitative estimate of drug-likeness (QED) is 0.160. The van der Waals surface area contributed by atoms with Crippen LogP contribution < -0.4 is 0 Å². The van der Waals surface area contributed by atoms with Crippen LogP contribution in [0.4, 0.5) is 0 Å². The maximum absolute atomic E-state index is 6.50. The number of hydrogen-bond acceptors (Lipinski definition) is 6. The number of aromatic nitrogens is 4. The van der Waals surface area contributed by atoms with E-state index in [-0.39, 0.29) is 0 Å². The van der Waals surface area contributed by atoms with Gasteiger partial charge in [-0.1, -0.05) is 194 Å². The normalized spacial score (nSPS) is 11.5. The molecule has 0 radical (unpaired) electrons. The molecule has 0 spiro atoms. The van der Waals surface area contributed by atoms with E-state index >= 15 is 0 Å². The Hall–Kier alpha value is -8.48. The van der Waals surface area contributed by atoms with E-state index < -0.39 is 0 Å². The first-order valence-electron chi connectivity index (χ1n) is 20.6. The Kier molecular flexibility index (Phi) is 8.38. The Bertz CT molecular complexity index is 3610. The Labute approximate surface area is 356 Å². The number of fused-ring (bicyclic) bond motifs is 6. The van der Waals surface area contributed by atoms with Crippen molar-refractivity contribution in [2.45, 2.75) is 0 Å². The van der Waals surface area contributed by atoms with E-state index in [1.165, 1.54) is 0 Å². The molecule has 0 bridgehead atoms. The van der Waals surface area contributed by atoms with Crippen molar-refractivity contribution in [3.05, 3.63) is 206 Å². The van der Waals surface area contributed by atoms with Gasteiger partial charge in [0.15, 0.2) is 11.6 Å². The third kappa shape index (κ3) is 6.04. The summed E-state index contributed by atoms with van der Waals surface area (Å²) in [5.41, 5.74) is 14.3. The molecule has 0 unspecified atom stereocenters. The number of para-hydroxylation sites is 2. The molecule has 4 heterocycles. The Morgan fingerprint density at radius 3 is 1.23 bits per heavy atom. The van der Waals surface area contributed by atoms with Crippen LogP contribution in [-0.4, -0.2) is 19.9 Å². The molecular formula is C56H34N4O2. The lowest BCUT2D eigenvalue weighted by Gasteiger charge is -2.15. The van der Waals surface area contributed by atoms with Gasteiger partial charge in [0.25, 0.3) is 0 Å². The monoisotopic (exact) mass is 794 g/mol. The summed E-state index contributed by atoms with van der Waals surface area (Å²) in [6, 6.07) is 70.6. The summed E-state index contributed by atoms with van der Waals surface area (Å²) in [6.07, 6.45) is 0.